The van der Waals surface area contributed by atoms with Gasteiger partial charge < -0.3 is 9.12 Å². The van der Waals surface area contributed by atoms with Gasteiger partial charge >= 0.3 is 0 Å². The van der Waals surface area contributed by atoms with E-state index in [0.717, 1.165) is 5.52 Å². The summed E-state index contributed by atoms with van der Waals surface area (Å²) in [5.41, 5.74) is 0.763. The van der Waals surface area contributed by atoms with Crippen LogP contribution in [-0.2, 0) is 27.6 Å². The van der Waals surface area contributed by atoms with Crippen LogP contribution < -0.4 is 0 Å². The third-order valence-corrected chi connectivity index (χ3v) is 8.10. The van der Waals surface area contributed by atoms with Crippen molar-refractivity contribution in [1.29, 1.82) is 0 Å². The second kappa shape index (κ2) is 7.47. The smallest absolute Gasteiger partial charge is 0.251 e. The third kappa shape index (κ3) is 3.03. The van der Waals surface area contributed by atoms with E-state index in [9.17, 15) is 13.0 Å². The highest BCUT2D eigenvalue weighted by atomic mass is 32.2. The summed E-state index contributed by atoms with van der Waals surface area (Å²) in [6.07, 6.45) is 0. The number of fused-ring (bicyclic) bond motifs is 1. The molecule has 0 bridgehead atoms. The first-order valence-corrected chi connectivity index (χ1v) is 11.6. The van der Waals surface area contributed by atoms with Gasteiger partial charge in [-0.1, -0.05) is 54.6 Å². The zero-order chi connectivity index (χ0) is 19.7. The predicted octanol–water partition coefficient (Wildman–Crippen LogP) is 4.66. The lowest BCUT2D eigenvalue weighted by Gasteiger charge is -2.14. The zero-order valence-electron chi connectivity index (χ0n) is 15.3. The summed E-state index contributed by atoms with van der Waals surface area (Å²) < 4.78 is 42.5. The number of aromatic nitrogens is 1. The van der Waals surface area contributed by atoms with Crippen LogP contribution in [0.5, 0.6) is 0 Å². The van der Waals surface area contributed by atoms with E-state index < -0.39 is 21.0 Å². The van der Waals surface area contributed by atoms with Crippen LogP contribution in [-0.4, -0.2) is 17.5 Å². The summed E-state index contributed by atoms with van der Waals surface area (Å²) >= 11 is -1.64. The highest BCUT2D eigenvalue weighted by molar-refractivity contribution is 7.94. The summed E-state index contributed by atoms with van der Waals surface area (Å²) in [6, 6.07) is 24.6. The summed E-state index contributed by atoms with van der Waals surface area (Å²) in [5, 5.41) is 0.909. The molecule has 28 heavy (non-hydrogen) atoms. The zero-order valence-corrected chi connectivity index (χ0v) is 16.9. The molecule has 4 rings (SSSR count). The predicted molar refractivity (Wildman–Crippen MR) is 111 cm³/mol. The van der Waals surface area contributed by atoms with Gasteiger partial charge in [0.2, 0.25) is 9.84 Å². The van der Waals surface area contributed by atoms with Gasteiger partial charge in [-0.3, -0.25) is 0 Å². The minimum Gasteiger partial charge on any atom is -0.605 e. The van der Waals surface area contributed by atoms with Gasteiger partial charge in [-0.05, 0) is 37.3 Å². The molecule has 0 saturated carbocycles. The van der Waals surface area contributed by atoms with Gasteiger partial charge in [0, 0.05) is 23.1 Å². The Morgan fingerprint density at radius 1 is 0.857 bits per heavy atom. The van der Waals surface area contributed by atoms with Crippen LogP contribution in [0.2, 0.25) is 0 Å². The molecule has 1 atom stereocenters. The molecule has 1 unspecified atom stereocenters. The topological polar surface area (TPSA) is 62.1 Å². The Balaban J connectivity index is 2.08. The van der Waals surface area contributed by atoms with Gasteiger partial charge in [0.15, 0.2) is 9.79 Å². The Morgan fingerprint density at radius 3 is 2.07 bits per heavy atom. The van der Waals surface area contributed by atoms with E-state index in [1.807, 2.05) is 35.8 Å². The highest BCUT2D eigenvalue weighted by Crippen LogP contribution is 2.38. The molecule has 6 heteroatoms. The SMILES string of the molecule is CCn1c([S+]([O-])c2ccccc2)c(S(=O)(=O)c2ccccc2)c2ccccc21. The van der Waals surface area contributed by atoms with Crippen LogP contribution >= 0.6 is 0 Å². The molecule has 0 fully saturated rings. The van der Waals surface area contributed by atoms with Crippen molar-refractivity contribution >= 4 is 31.9 Å². The highest BCUT2D eigenvalue weighted by Gasteiger charge is 2.36. The van der Waals surface area contributed by atoms with Crippen LogP contribution in [0.25, 0.3) is 10.9 Å². The maximum absolute atomic E-state index is 13.6. The van der Waals surface area contributed by atoms with E-state index in [1.165, 1.54) is 0 Å². The molecule has 4 aromatic rings. The Bertz CT molecular complexity index is 1220. The molecular weight excluding hydrogens is 390 g/mol. The Morgan fingerprint density at radius 2 is 1.43 bits per heavy atom. The number of hydrogen-bond donors (Lipinski definition) is 0. The lowest BCUT2D eigenvalue weighted by atomic mass is 10.2. The average Bonchev–Trinajstić information content (AvgIpc) is 3.09. The second-order valence-corrected chi connectivity index (χ2v) is 9.58. The van der Waals surface area contributed by atoms with Crippen molar-refractivity contribution in [3.05, 3.63) is 84.9 Å². The quantitative estimate of drug-likeness (QED) is 0.450. The number of para-hydroxylation sites is 1. The van der Waals surface area contributed by atoms with Crippen molar-refractivity contribution in [2.75, 3.05) is 0 Å². The van der Waals surface area contributed by atoms with Crippen LogP contribution in [0.4, 0.5) is 0 Å². The fourth-order valence-corrected chi connectivity index (χ4v) is 6.82. The number of aryl methyl sites for hydroxylation is 1. The molecule has 1 heterocycles. The maximum Gasteiger partial charge on any atom is 0.251 e. The number of hydrogen-bond acceptors (Lipinski definition) is 3. The molecule has 0 aliphatic carbocycles. The van der Waals surface area contributed by atoms with E-state index in [-0.39, 0.29) is 9.79 Å². The van der Waals surface area contributed by atoms with Crippen molar-refractivity contribution in [2.45, 2.75) is 33.2 Å². The van der Waals surface area contributed by atoms with Gasteiger partial charge in [0.25, 0.3) is 5.03 Å². The van der Waals surface area contributed by atoms with Gasteiger partial charge in [-0.2, -0.15) is 0 Å². The monoisotopic (exact) mass is 409 g/mol. The first kappa shape index (κ1) is 18.8. The third-order valence-electron chi connectivity index (χ3n) is 4.65. The molecule has 1 aromatic heterocycles. The first-order chi connectivity index (χ1) is 13.6. The molecule has 0 amide bonds. The van der Waals surface area contributed by atoms with Crippen LogP contribution in [0.1, 0.15) is 6.92 Å². The van der Waals surface area contributed by atoms with Gasteiger partial charge in [0.05, 0.1) is 10.4 Å². The molecular formula is C22H19NO3S2. The molecule has 4 nitrogen and oxygen atoms in total. The molecule has 0 radical (unpaired) electrons. The fraction of sp³-hybridized carbons (Fsp3) is 0.0909. The molecule has 0 saturated heterocycles. The van der Waals surface area contributed by atoms with Crippen molar-refractivity contribution in [2.24, 2.45) is 0 Å². The molecule has 0 aliphatic rings. The first-order valence-electron chi connectivity index (χ1n) is 8.94. The molecule has 0 N–H and O–H groups in total. The standard InChI is InChI=1S/C22H19NO3S2/c1-2-23-20-16-10-9-15-19(20)21(28(25,26)18-13-7-4-8-14-18)22(23)27(24)17-11-5-3-6-12-17/h3-16H,2H2,1H3. The van der Waals surface area contributed by atoms with E-state index in [0.29, 0.717) is 21.9 Å². The van der Waals surface area contributed by atoms with E-state index in [4.69, 9.17) is 0 Å². The minimum atomic E-state index is -3.85. The minimum absolute atomic E-state index is 0.123. The Hall–Kier alpha value is -2.54. The van der Waals surface area contributed by atoms with E-state index >= 15 is 0 Å². The summed E-state index contributed by atoms with van der Waals surface area (Å²) in [7, 11) is -3.85. The van der Waals surface area contributed by atoms with Crippen LogP contribution in [0.3, 0.4) is 0 Å². The van der Waals surface area contributed by atoms with Gasteiger partial charge in [0.1, 0.15) is 0 Å². The molecule has 3 aromatic carbocycles. The molecule has 0 spiro atoms. The summed E-state index contributed by atoms with van der Waals surface area (Å²) in [6.45, 7) is 2.44. The van der Waals surface area contributed by atoms with Crippen molar-refractivity contribution in [3.8, 4) is 0 Å². The van der Waals surface area contributed by atoms with Gasteiger partial charge in [-0.25, -0.2) is 8.42 Å². The molecule has 142 valence electrons. The maximum atomic E-state index is 13.6. The van der Waals surface area contributed by atoms with Crippen LogP contribution in [0, 0.1) is 0 Å². The van der Waals surface area contributed by atoms with E-state index in [1.54, 1.807) is 60.7 Å². The van der Waals surface area contributed by atoms with Crippen molar-refractivity contribution < 1.29 is 13.0 Å². The largest absolute Gasteiger partial charge is 0.605 e. The number of benzene rings is 3. The van der Waals surface area contributed by atoms with E-state index in [2.05, 4.69) is 0 Å². The van der Waals surface area contributed by atoms with Crippen molar-refractivity contribution in [1.82, 2.24) is 4.57 Å². The Labute approximate surface area is 167 Å². The summed E-state index contributed by atoms with van der Waals surface area (Å²) in [4.78, 5) is 0.892. The number of sulfone groups is 1. The number of nitrogens with zero attached hydrogens (tertiary/aromatic N) is 1. The second-order valence-electron chi connectivity index (χ2n) is 6.29. The molecule has 0 aliphatic heterocycles. The Kier molecular flexibility index (Phi) is 5.02. The van der Waals surface area contributed by atoms with Crippen molar-refractivity contribution in [3.63, 3.8) is 0 Å². The van der Waals surface area contributed by atoms with Crippen LogP contribution in [0.15, 0.2) is 105 Å². The van der Waals surface area contributed by atoms with Gasteiger partial charge in [-0.15, -0.1) is 0 Å². The lowest BCUT2D eigenvalue weighted by molar-refractivity contribution is 0.566. The lowest BCUT2D eigenvalue weighted by Crippen LogP contribution is -2.14. The summed E-state index contributed by atoms with van der Waals surface area (Å²) in [5.74, 6) is 0. The number of rotatable bonds is 5. The normalized spacial score (nSPS) is 12.9. The average molecular weight is 410 g/mol. The fourth-order valence-electron chi connectivity index (χ4n) is 3.38.